The molecule has 0 radical (unpaired) electrons. The van der Waals surface area contributed by atoms with Crippen LogP contribution in [0.15, 0.2) is 70.4 Å². The van der Waals surface area contributed by atoms with Crippen LogP contribution in [0.4, 0.5) is 0 Å². The van der Waals surface area contributed by atoms with Crippen molar-refractivity contribution in [3.63, 3.8) is 0 Å². The second kappa shape index (κ2) is 7.91. The fourth-order valence-corrected chi connectivity index (χ4v) is 3.87. The Kier molecular flexibility index (Phi) is 5.59. The van der Waals surface area contributed by atoms with E-state index in [2.05, 4.69) is 31.2 Å². The predicted molar refractivity (Wildman–Crippen MR) is 102 cm³/mol. The number of carbonyl (C=O) groups excluding carboxylic acids is 1. The lowest BCUT2D eigenvalue weighted by atomic mass is 10.3. The van der Waals surface area contributed by atoms with Gasteiger partial charge in [0.2, 0.25) is 0 Å². The number of hydrazine groups is 1. The quantitative estimate of drug-likeness (QED) is 0.560. The maximum atomic E-state index is 12.4. The van der Waals surface area contributed by atoms with Crippen LogP contribution in [0.1, 0.15) is 10.5 Å². The second-order valence-electron chi connectivity index (χ2n) is 5.34. The Bertz CT molecular complexity index is 1070. The zero-order valence-corrected chi connectivity index (χ0v) is 16.5. The van der Waals surface area contributed by atoms with Crippen LogP contribution < -0.4 is 15.0 Å². The van der Waals surface area contributed by atoms with Crippen LogP contribution in [0.3, 0.4) is 0 Å². The highest BCUT2D eigenvalue weighted by molar-refractivity contribution is 9.10. The van der Waals surface area contributed by atoms with Crippen LogP contribution in [0, 0.1) is 0 Å². The number of halogens is 1. The first-order valence-corrected chi connectivity index (χ1v) is 9.93. The molecule has 27 heavy (non-hydrogen) atoms. The van der Waals surface area contributed by atoms with Gasteiger partial charge in [-0.05, 0) is 46.3 Å². The van der Waals surface area contributed by atoms with Crippen LogP contribution >= 0.6 is 15.9 Å². The second-order valence-corrected chi connectivity index (χ2v) is 7.88. The van der Waals surface area contributed by atoms with E-state index in [9.17, 15) is 13.2 Å². The number of aromatic nitrogens is 2. The number of para-hydroxylation sites is 1. The molecule has 140 valence electrons. The highest BCUT2D eigenvalue weighted by Crippen LogP contribution is 2.27. The fourth-order valence-electron chi connectivity index (χ4n) is 2.31. The molecule has 3 rings (SSSR count). The average Bonchev–Trinajstić information content (AvgIpc) is 3.17. The standard InChI is InChI=1S/C17H15BrN4O4S/c1-26-16-8-7-13(9-14(16)18)27(24,25)21-20-17(23)15-10-19-11-22(15)12-5-3-2-4-6-12/h2-11,21H,1H3,(H,20,23). The van der Waals surface area contributed by atoms with Gasteiger partial charge in [-0.1, -0.05) is 18.2 Å². The zero-order valence-electron chi connectivity index (χ0n) is 14.1. The van der Waals surface area contributed by atoms with E-state index in [4.69, 9.17) is 4.74 Å². The predicted octanol–water partition coefficient (Wildman–Crippen LogP) is 2.27. The monoisotopic (exact) mass is 450 g/mol. The molecule has 0 spiro atoms. The molecule has 10 heteroatoms. The Balaban J connectivity index is 1.76. The van der Waals surface area contributed by atoms with Crippen molar-refractivity contribution in [3.05, 3.63) is 71.2 Å². The number of benzene rings is 2. The molecule has 0 atom stereocenters. The van der Waals surface area contributed by atoms with Crippen molar-refractivity contribution in [2.75, 3.05) is 7.11 Å². The summed E-state index contributed by atoms with van der Waals surface area (Å²) in [5, 5.41) is 0. The Hall–Kier alpha value is -2.69. The Morgan fingerprint density at radius 2 is 1.93 bits per heavy atom. The van der Waals surface area contributed by atoms with E-state index in [1.807, 2.05) is 18.2 Å². The number of nitrogens with one attached hydrogen (secondary N) is 2. The van der Waals surface area contributed by atoms with Gasteiger partial charge in [0.1, 0.15) is 11.4 Å². The minimum Gasteiger partial charge on any atom is -0.496 e. The van der Waals surface area contributed by atoms with Gasteiger partial charge in [0.25, 0.3) is 15.9 Å². The molecule has 0 aliphatic carbocycles. The summed E-state index contributed by atoms with van der Waals surface area (Å²) in [6, 6.07) is 13.3. The lowest BCUT2D eigenvalue weighted by Crippen LogP contribution is -2.42. The Labute approximate surface area is 164 Å². The molecule has 1 aromatic heterocycles. The number of nitrogens with zero attached hydrogens (tertiary/aromatic N) is 2. The van der Waals surface area contributed by atoms with Crippen molar-refractivity contribution in [1.29, 1.82) is 0 Å². The van der Waals surface area contributed by atoms with Gasteiger partial charge in [-0.15, -0.1) is 4.83 Å². The number of amides is 1. The molecule has 0 unspecified atom stereocenters. The van der Waals surface area contributed by atoms with Crippen LogP contribution in [-0.4, -0.2) is 31.0 Å². The Morgan fingerprint density at radius 1 is 1.19 bits per heavy atom. The van der Waals surface area contributed by atoms with Crippen LogP contribution in [0.5, 0.6) is 5.75 Å². The van der Waals surface area contributed by atoms with Gasteiger partial charge in [-0.3, -0.25) is 14.8 Å². The summed E-state index contributed by atoms with van der Waals surface area (Å²) < 4.78 is 31.9. The van der Waals surface area contributed by atoms with E-state index in [1.165, 1.54) is 37.8 Å². The molecule has 3 aromatic rings. The topological polar surface area (TPSA) is 102 Å². The summed E-state index contributed by atoms with van der Waals surface area (Å²) in [6.07, 6.45) is 2.82. The molecule has 0 bridgehead atoms. The third-order valence-electron chi connectivity index (χ3n) is 3.64. The normalized spacial score (nSPS) is 11.2. The molecule has 0 aliphatic rings. The molecule has 0 saturated heterocycles. The average molecular weight is 451 g/mol. The van der Waals surface area contributed by atoms with Gasteiger partial charge in [0, 0.05) is 5.69 Å². The smallest absolute Gasteiger partial charge is 0.284 e. The van der Waals surface area contributed by atoms with E-state index >= 15 is 0 Å². The minimum absolute atomic E-state index is 0.0351. The zero-order chi connectivity index (χ0) is 19.4. The molecule has 2 N–H and O–H groups in total. The third kappa shape index (κ3) is 4.18. The van der Waals surface area contributed by atoms with E-state index in [-0.39, 0.29) is 10.6 Å². The number of sulfonamides is 1. The molecular formula is C17H15BrN4O4S. The lowest BCUT2D eigenvalue weighted by molar-refractivity contribution is 0.0938. The van der Waals surface area contributed by atoms with Crippen LogP contribution in [-0.2, 0) is 10.0 Å². The number of ether oxygens (including phenoxy) is 1. The summed E-state index contributed by atoms with van der Waals surface area (Å²) in [6.45, 7) is 0. The molecule has 8 nitrogen and oxygen atoms in total. The van der Waals surface area contributed by atoms with Crippen molar-refractivity contribution in [2.45, 2.75) is 4.90 Å². The van der Waals surface area contributed by atoms with Crippen molar-refractivity contribution < 1.29 is 17.9 Å². The van der Waals surface area contributed by atoms with Gasteiger partial charge in [0.05, 0.1) is 29.0 Å². The largest absolute Gasteiger partial charge is 0.496 e. The first kappa shape index (κ1) is 19.1. The van der Waals surface area contributed by atoms with E-state index < -0.39 is 15.9 Å². The number of imidazole rings is 1. The lowest BCUT2D eigenvalue weighted by Gasteiger charge is -2.11. The molecule has 1 heterocycles. The molecular weight excluding hydrogens is 436 g/mol. The molecule has 1 amide bonds. The van der Waals surface area contributed by atoms with Crippen molar-refractivity contribution in [3.8, 4) is 11.4 Å². The highest BCUT2D eigenvalue weighted by Gasteiger charge is 2.19. The van der Waals surface area contributed by atoms with E-state index in [0.29, 0.717) is 10.2 Å². The summed E-state index contributed by atoms with van der Waals surface area (Å²) in [5.41, 5.74) is 3.10. The van der Waals surface area contributed by atoms with Crippen molar-refractivity contribution in [2.24, 2.45) is 0 Å². The maximum absolute atomic E-state index is 12.4. The van der Waals surface area contributed by atoms with Gasteiger partial charge < -0.3 is 4.74 Å². The third-order valence-corrected chi connectivity index (χ3v) is 5.50. The first-order chi connectivity index (χ1) is 12.9. The summed E-state index contributed by atoms with van der Waals surface area (Å²) in [4.78, 5) is 18.4. The number of rotatable bonds is 6. The summed E-state index contributed by atoms with van der Waals surface area (Å²) >= 11 is 3.23. The minimum atomic E-state index is -3.97. The molecule has 2 aromatic carbocycles. The van der Waals surface area contributed by atoms with Gasteiger partial charge in [0.15, 0.2) is 0 Å². The SMILES string of the molecule is COc1ccc(S(=O)(=O)NNC(=O)c2cncn2-c2ccccc2)cc1Br. The van der Waals surface area contributed by atoms with E-state index in [0.717, 1.165) is 5.69 Å². The molecule has 0 fully saturated rings. The van der Waals surface area contributed by atoms with Crippen molar-refractivity contribution in [1.82, 2.24) is 19.8 Å². The maximum Gasteiger partial charge on any atom is 0.284 e. The first-order valence-electron chi connectivity index (χ1n) is 7.66. The number of carbonyl (C=O) groups is 1. The van der Waals surface area contributed by atoms with E-state index in [1.54, 1.807) is 16.7 Å². The summed E-state index contributed by atoms with van der Waals surface area (Å²) in [7, 11) is -2.49. The number of methoxy groups -OCH3 is 1. The van der Waals surface area contributed by atoms with Crippen molar-refractivity contribution >= 4 is 31.9 Å². The van der Waals surface area contributed by atoms with Crippen LogP contribution in [0.2, 0.25) is 0 Å². The molecule has 0 aliphatic heterocycles. The fraction of sp³-hybridized carbons (Fsp3) is 0.0588. The van der Waals surface area contributed by atoms with Gasteiger partial charge >= 0.3 is 0 Å². The van der Waals surface area contributed by atoms with Crippen LogP contribution in [0.25, 0.3) is 5.69 Å². The van der Waals surface area contributed by atoms with Gasteiger partial charge in [-0.25, -0.2) is 13.4 Å². The molecule has 0 saturated carbocycles. The Morgan fingerprint density at radius 3 is 2.59 bits per heavy atom. The summed E-state index contributed by atoms with van der Waals surface area (Å²) in [5.74, 6) is -0.155. The highest BCUT2D eigenvalue weighted by atomic mass is 79.9. The number of hydrogen-bond donors (Lipinski definition) is 2. The van der Waals surface area contributed by atoms with Gasteiger partial charge in [-0.2, -0.15) is 0 Å². The number of hydrogen-bond acceptors (Lipinski definition) is 5.